The van der Waals surface area contributed by atoms with Gasteiger partial charge in [-0.1, -0.05) is 18.2 Å². The minimum Gasteiger partial charge on any atom is -0.423 e. The number of ether oxygens (including phenoxy) is 2. The van der Waals surface area contributed by atoms with Crippen LogP contribution >= 0.6 is 0 Å². The van der Waals surface area contributed by atoms with Gasteiger partial charge in [-0.15, -0.1) is 0 Å². The fourth-order valence-electron chi connectivity index (χ4n) is 2.55. The van der Waals surface area contributed by atoms with Gasteiger partial charge in [0.25, 0.3) is 0 Å². The van der Waals surface area contributed by atoms with E-state index in [-0.39, 0.29) is 17.8 Å². The molecule has 2 aromatic rings. The summed E-state index contributed by atoms with van der Waals surface area (Å²) in [7, 11) is 0. The predicted octanol–water partition coefficient (Wildman–Crippen LogP) is -0.315. The van der Waals surface area contributed by atoms with E-state index < -0.39 is 36.7 Å². The van der Waals surface area contributed by atoms with Crippen molar-refractivity contribution >= 4 is 11.8 Å². The number of carbonyl (C=O) groups excluding carboxylic acids is 1. The molecule has 25 heavy (non-hydrogen) atoms. The Morgan fingerprint density at radius 2 is 2.12 bits per heavy atom. The molecule has 4 N–H and O–H groups in total. The van der Waals surface area contributed by atoms with Crippen LogP contribution in [0.5, 0.6) is 5.75 Å². The Balaban J connectivity index is 1.88. The normalized spacial score (nSPS) is 22.7. The molecule has 0 unspecified atom stereocenters. The van der Waals surface area contributed by atoms with E-state index in [1.54, 1.807) is 30.3 Å². The van der Waals surface area contributed by atoms with Gasteiger partial charge < -0.3 is 25.4 Å². The van der Waals surface area contributed by atoms with E-state index >= 15 is 0 Å². The summed E-state index contributed by atoms with van der Waals surface area (Å²) in [5.41, 5.74) is 4.83. The third kappa shape index (κ3) is 3.53. The summed E-state index contributed by atoms with van der Waals surface area (Å²) in [6, 6.07) is 8.37. The van der Waals surface area contributed by atoms with Crippen molar-refractivity contribution in [3.63, 3.8) is 0 Å². The zero-order valence-electron chi connectivity index (χ0n) is 13.1. The lowest BCUT2D eigenvalue weighted by molar-refractivity contribution is -0.0459. The van der Waals surface area contributed by atoms with E-state index in [4.69, 9.17) is 20.3 Å². The zero-order chi connectivity index (χ0) is 18.0. The Labute approximate surface area is 142 Å². The molecule has 1 saturated heterocycles. The number of rotatable bonds is 4. The number of benzene rings is 1. The second kappa shape index (κ2) is 7.01. The third-order valence-corrected chi connectivity index (χ3v) is 3.85. The van der Waals surface area contributed by atoms with Crippen LogP contribution in [0.15, 0.2) is 41.3 Å². The van der Waals surface area contributed by atoms with Gasteiger partial charge in [-0.25, -0.2) is 9.59 Å². The molecule has 9 heteroatoms. The molecule has 2 heterocycles. The van der Waals surface area contributed by atoms with E-state index in [0.29, 0.717) is 5.75 Å². The molecule has 0 spiro atoms. The number of hydrogen-bond acceptors (Lipinski definition) is 8. The fourth-order valence-corrected chi connectivity index (χ4v) is 2.55. The van der Waals surface area contributed by atoms with Crippen molar-refractivity contribution < 1.29 is 24.5 Å². The van der Waals surface area contributed by atoms with E-state index in [9.17, 15) is 14.7 Å². The fraction of sp³-hybridized carbons (Fsp3) is 0.312. The largest absolute Gasteiger partial charge is 0.423 e. The van der Waals surface area contributed by atoms with Gasteiger partial charge >= 0.3 is 11.7 Å². The molecular weight excluding hydrogens is 330 g/mol. The Morgan fingerprint density at radius 1 is 1.40 bits per heavy atom. The zero-order valence-corrected chi connectivity index (χ0v) is 13.1. The third-order valence-electron chi connectivity index (χ3n) is 3.85. The number of carbonyl (C=O) groups is 1. The van der Waals surface area contributed by atoms with Gasteiger partial charge in [0.1, 0.15) is 29.5 Å². The average molecular weight is 347 g/mol. The highest BCUT2D eigenvalue weighted by atomic mass is 16.5. The molecule has 1 aromatic heterocycles. The summed E-state index contributed by atoms with van der Waals surface area (Å²) in [6.45, 7) is -0.391. The van der Waals surface area contributed by atoms with Crippen LogP contribution in [0, 0.1) is 0 Å². The number of nitrogens with two attached hydrogens (primary N) is 1. The molecule has 0 radical (unpaired) electrons. The topological polar surface area (TPSA) is 137 Å². The minimum atomic E-state index is -0.931. The molecule has 132 valence electrons. The van der Waals surface area contributed by atoms with Gasteiger partial charge in [-0.2, -0.15) is 4.98 Å². The van der Waals surface area contributed by atoms with Crippen LogP contribution < -0.4 is 16.2 Å². The van der Waals surface area contributed by atoms with Gasteiger partial charge in [-0.3, -0.25) is 4.57 Å². The molecule has 0 aliphatic carbocycles. The second-order valence-electron chi connectivity index (χ2n) is 5.55. The number of para-hydroxylation sites is 1. The maximum absolute atomic E-state index is 12.3. The van der Waals surface area contributed by atoms with Crippen molar-refractivity contribution in [2.24, 2.45) is 0 Å². The summed E-state index contributed by atoms with van der Waals surface area (Å²) >= 11 is 0. The number of nitrogens with zero attached hydrogens (tertiary/aromatic N) is 2. The summed E-state index contributed by atoms with van der Waals surface area (Å²) in [6.07, 6.45) is -1.35. The van der Waals surface area contributed by atoms with E-state index in [0.717, 1.165) is 4.57 Å². The van der Waals surface area contributed by atoms with Gasteiger partial charge in [0.2, 0.25) is 0 Å². The van der Waals surface area contributed by atoms with Crippen LogP contribution in [0.1, 0.15) is 23.0 Å². The lowest BCUT2D eigenvalue weighted by Gasteiger charge is -2.15. The van der Waals surface area contributed by atoms with Gasteiger partial charge in [0.05, 0.1) is 12.7 Å². The molecular formula is C16H17N3O6. The Hall–Kier alpha value is -2.75. The lowest BCUT2D eigenvalue weighted by Crippen LogP contribution is -2.30. The summed E-state index contributed by atoms with van der Waals surface area (Å²) < 4.78 is 11.7. The van der Waals surface area contributed by atoms with E-state index in [2.05, 4.69) is 4.98 Å². The van der Waals surface area contributed by atoms with Crippen molar-refractivity contribution in [1.82, 2.24) is 9.55 Å². The smallest absolute Gasteiger partial charge is 0.351 e. The number of aliphatic hydroxyl groups excluding tert-OH is 2. The molecule has 1 aliphatic rings. The van der Waals surface area contributed by atoms with E-state index in [1.807, 2.05) is 0 Å². The van der Waals surface area contributed by atoms with Crippen LogP contribution in [-0.4, -0.2) is 44.5 Å². The molecule has 1 aromatic carbocycles. The number of aliphatic hydroxyl groups is 2. The molecule has 1 aliphatic heterocycles. The van der Waals surface area contributed by atoms with Crippen molar-refractivity contribution in [3.8, 4) is 5.75 Å². The van der Waals surface area contributed by atoms with Crippen LogP contribution in [0.3, 0.4) is 0 Å². The highest BCUT2D eigenvalue weighted by Gasteiger charge is 2.35. The maximum atomic E-state index is 12.3. The van der Waals surface area contributed by atoms with Gasteiger partial charge in [0.15, 0.2) is 0 Å². The van der Waals surface area contributed by atoms with E-state index in [1.165, 1.54) is 6.20 Å². The van der Waals surface area contributed by atoms with Crippen LogP contribution in [0.2, 0.25) is 0 Å². The summed E-state index contributed by atoms with van der Waals surface area (Å²) in [5, 5.41) is 18.9. The summed E-state index contributed by atoms with van der Waals surface area (Å²) in [5.74, 6) is -0.723. The maximum Gasteiger partial charge on any atom is 0.351 e. The van der Waals surface area contributed by atoms with Crippen molar-refractivity contribution in [2.45, 2.75) is 24.9 Å². The Morgan fingerprint density at radius 3 is 2.76 bits per heavy atom. The number of nitrogen functional groups attached to an aromatic ring is 1. The molecule has 9 nitrogen and oxygen atoms in total. The van der Waals surface area contributed by atoms with Gasteiger partial charge in [-0.05, 0) is 12.1 Å². The highest BCUT2D eigenvalue weighted by Crippen LogP contribution is 2.28. The molecule has 0 amide bonds. The SMILES string of the molecule is Nc1nc(=O)n([C@H]2C[C@@H](O)[C@H](CO)O2)cc1C(=O)Oc1ccccc1. The minimum absolute atomic E-state index is 0.0733. The van der Waals surface area contributed by atoms with Crippen molar-refractivity contribution in [3.05, 3.63) is 52.6 Å². The average Bonchev–Trinajstić information content (AvgIpc) is 2.96. The first-order valence-electron chi connectivity index (χ1n) is 7.60. The number of aromatic nitrogens is 2. The number of anilines is 1. The first-order valence-corrected chi connectivity index (χ1v) is 7.60. The Bertz CT molecular complexity index is 822. The quantitative estimate of drug-likeness (QED) is 0.506. The first-order chi connectivity index (χ1) is 12.0. The molecule has 0 bridgehead atoms. The van der Waals surface area contributed by atoms with Crippen molar-refractivity contribution in [1.29, 1.82) is 0 Å². The number of esters is 1. The monoisotopic (exact) mass is 347 g/mol. The van der Waals surface area contributed by atoms with Crippen LogP contribution in [0.25, 0.3) is 0 Å². The molecule has 1 fully saturated rings. The number of hydrogen-bond donors (Lipinski definition) is 3. The lowest BCUT2D eigenvalue weighted by atomic mass is 10.2. The first kappa shape index (κ1) is 17.1. The van der Waals surface area contributed by atoms with Gasteiger partial charge in [0, 0.05) is 12.6 Å². The molecule has 3 atom stereocenters. The predicted molar refractivity (Wildman–Crippen MR) is 85.9 cm³/mol. The van der Waals surface area contributed by atoms with Crippen LogP contribution in [0.4, 0.5) is 5.82 Å². The second-order valence-corrected chi connectivity index (χ2v) is 5.55. The van der Waals surface area contributed by atoms with Crippen molar-refractivity contribution in [2.75, 3.05) is 12.3 Å². The van der Waals surface area contributed by atoms with Crippen LogP contribution in [-0.2, 0) is 4.74 Å². The Kier molecular flexibility index (Phi) is 4.79. The standard InChI is InChI=1S/C16H17N3O6/c17-14-10(15(22)24-9-4-2-1-3-5-9)7-19(16(23)18-14)13-6-11(21)12(8-20)25-13/h1-5,7,11-13,20-21H,6,8H2,(H2,17,18,23)/t11-,12+,13-/m1/s1. The highest BCUT2D eigenvalue weighted by molar-refractivity contribution is 5.95. The molecule has 0 saturated carbocycles. The molecule has 3 rings (SSSR count). The summed E-state index contributed by atoms with van der Waals surface area (Å²) in [4.78, 5) is 28.0.